The van der Waals surface area contributed by atoms with E-state index >= 15 is 0 Å². The highest BCUT2D eigenvalue weighted by atomic mass is 15.1. The van der Waals surface area contributed by atoms with Crippen molar-refractivity contribution in [1.82, 2.24) is 0 Å². The molecule has 0 aliphatic heterocycles. The summed E-state index contributed by atoms with van der Waals surface area (Å²) in [6.07, 6.45) is 1.06. The molecule has 0 saturated carbocycles. The second-order valence-corrected chi connectivity index (χ2v) is 4.70. The van der Waals surface area contributed by atoms with Crippen LogP contribution in [0.25, 0.3) is 0 Å². The number of likely N-dealkylation sites (N-methyl/N-ethyl adjacent to an activating group) is 1. The van der Waals surface area contributed by atoms with Crippen LogP contribution in [0.2, 0.25) is 0 Å². The Bertz CT molecular complexity index is 506. The smallest absolute Gasteiger partial charge is 0.0367 e. The molecule has 2 N–H and O–H groups in total. The van der Waals surface area contributed by atoms with E-state index in [2.05, 4.69) is 54.4 Å². The number of nitrogen functional groups attached to an aromatic ring is 1. The zero-order chi connectivity index (χ0) is 13.0. The van der Waals surface area contributed by atoms with Gasteiger partial charge in [-0.2, -0.15) is 0 Å². The summed E-state index contributed by atoms with van der Waals surface area (Å²) in [7, 11) is 2.12. The third-order valence-electron chi connectivity index (χ3n) is 3.27. The molecular weight excluding hydrogens is 220 g/mol. The van der Waals surface area contributed by atoms with Crippen LogP contribution in [0.5, 0.6) is 0 Å². The third-order valence-corrected chi connectivity index (χ3v) is 3.27. The molecule has 0 aliphatic rings. The first kappa shape index (κ1) is 12.5. The predicted molar refractivity (Wildman–Crippen MR) is 79.0 cm³/mol. The van der Waals surface area contributed by atoms with Gasteiger partial charge in [0, 0.05) is 25.0 Å². The van der Waals surface area contributed by atoms with Crippen LogP contribution in [-0.2, 0) is 6.42 Å². The summed E-state index contributed by atoms with van der Waals surface area (Å²) >= 11 is 0. The number of nitrogens with zero attached hydrogens (tertiary/aromatic N) is 1. The molecule has 94 valence electrons. The van der Waals surface area contributed by atoms with Crippen molar-refractivity contribution < 1.29 is 0 Å². The quantitative estimate of drug-likeness (QED) is 0.831. The fourth-order valence-corrected chi connectivity index (χ4v) is 1.97. The first-order chi connectivity index (χ1) is 8.66. The molecule has 0 aliphatic carbocycles. The maximum Gasteiger partial charge on any atom is 0.0367 e. The van der Waals surface area contributed by atoms with E-state index in [-0.39, 0.29) is 0 Å². The molecule has 0 saturated heterocycles. The van der Waals surface area contributed by atoms with Crippen LogP contribution in [0, 0.1) is 6.92 Å². The Morgan fingerprint density at radius 3 is 2.44 bits per heavy atom. The molecule has 0 heterocycles. The van der Waals surface area contributed by atoms with Crippen molar-refractivity contribution in [3.8, 4) is 0 Å². The van der Waals surface area contributed by atoms with Gasteiger partial charge in [-0.05, 0) is 42.7 Å². The molecule has 0 bridgehead atoms. The summed E-state index contributed by atoms with van der Waals surface area (Å²) in [4.78, 5) is 2.26. The lowest BCUT2D eigenvalue weighted by Gasteiger charge is -2.20. The van der Waals surface area contributed by atoms with Crippen molar-refractivity contribution in [3.05, 3.63) is 59.7 Å². The van der Waals surface area contributed by atoms with Gasteiger partial charge in [-0.15, -0.1) is 0 Å². The first-order valence-electron chi connectivity index (χ1n) is 6.28. The van der Waals surface area contributed by atoms with Gasteiger partial charge in [0.1, 0.15) is 0 Å². The molecule has 2 nitrogen and oxygen atoms in total. The van der Waals surface area contributed by atoms with Crippen molar-refractivity contribution >= 4 is 11.4 Å². The van der Waals surface area contributed by atoms with E-state index in [9.17, 15) is 0 Å². The van der Waals surface area contributed by atoms with Crippen molar-refractivity contribution in [2.75, 3.05) is 24.2 Å². The largest absolute Gasteiger partial charge is 0.399 e. The Hall–Kier alpha value is -1.96. The fourth-order valence-electron chi connectivity index (χ4n) is 1.97. The molecule has 0 fully saturated rings. The van der Waals surface area contributed by atoms with Crippen LogP contribution < -0.4 is 10.6 Å². The molecule has 0 atom stereocenters. The number of benzene rings is 2. The zero-order valence-electron chi connectivity index (χ0n) is 11.1. The van der Waals surface area contributed by atoms with E-state index < -0.39 is 0 Å². The van der Waals surface area contributed by atoms with Gasteiger partial charge in [0.25, 0.3) is 0 Å². The monoisotopic (exact) mass is 240 g/mol. The van der Waals surface area contributed by atoms with E-state index in [0.29, 0.717) is 0 Å². The summed E-state index contributed by atoms with van der Waals surface area (Å²) < 4.78 is 0. The average molecular weight is 240 g/mol. The van der Waals surface area contributed by atoms with Crippen LogP contribution in [0.4, 0.5) is 11.4 Å². The molecule has 2 heteroatoms. The minimum Gasteiger partial charge on any atom is -0.399 e. The first-order valence-corrected chi connectivity index (χ1v) is 6.28. The van der Waals surface area contributed by atoms with E-state index in [1.807, 2.05) is 13.0 Å². The number of rotatable bonds is 4. The topological polar surface area (TPSA) is 29.3 Å². The van der Waals surface area contributed by atoms with Gasteiger partial charge in [0.05, 0.1) is 0 Å². The number of aryl methyl sites for hydroxylation is 1. The minimum absolute atomic E-state index is 0.857. The van der Waals surface area contributed by atoms with Crippen molar-refractivity contribution in [1.29, 1.82) is 0 Å². The molecule has 18 heavy (non-hydrogen) atoms. The normalized spacial score (nSPS) is 10.3. The average Bonchev–Trinajstić information content (AvgIpc) is 2.40. The van der Waals surface area contributed by atoms with Crippen LogP contribution in [0.3, 0.4) is 0 Å². The van der Waals surface area contributed by atoms with Gasteiger partial charge in [0.2, 0.25) is 0 Å². The molecule has 2 aromatic carbocycles. The number of anilines is 2. The Morgan fingerprint density at radius 2 is 1.78 bits per heavy atom. The minimum atomic E-state index is 0.857. The molecule has 0 radical (unpaired) electrons. The second-order valence-electron chi connectivity index (χ2n) is 4.70. The molecule has 0 spiro atoms. The molecule has 2 aromatic rings. The van der Waals surface area contributed by atoms with E-state index in [1.54, 1.807) is 0 Å². The molecule has 2 rings (SSSR count). The van der Waals surface area contributed by atoms with Crippen molar-refractivity contribution in [2.24, 2.45) is 0 Å². The summed E-state index contributed by atoms with van der Waals surface area (Å²) in [5, 5.41) is 0. The lowest BCUT2D eigenvalue weighted by Crippen LogP contribution is -2.20. The van der Waals surface area contributed by atoms with Gasteiger partial charge in [-0.1, -0.05) is 30.3 Å². The number of hydrogen-bond acceptors (Lipinski definition) is 2. The highest BCUT2D eigenvalue weighted by Crippen LogP contribution is 2.19. The summed E-state index contributed by atoms with van der Waals surface area (Å²) in [5.41, 5.74) is 10.4. The Kier molecular flexibility index (Phi) is 3.88. The Balaban J connectivity index is 1.99. The number of nitrogens with two attached hydrogens (primary N) is 1. The summed E-state index contributed by atoms with van der Waals surface area (Å²) in [5.74, 6) is 0. The molecular formula is C16H20N2. The van der Waals surface area contributed by atoms with Crippen LogP contribution in [0.15, 0.2) is 48.5 Å². The Morgan fingerprint density at radius 1 is 1.06 bits per heavy atom. The highest BCUT2D eigenvalue weighted by molar-refractivity contribution is 5.57. The van der Waals surface area contributed by atoms with Gasteiger partial charge in [-0.3, -0.25) is 0 Å². The molecule has 0 aromatic heterocycles. The van der Waals surface area contributed by atoms with Crippen LogP contribution in [0.1, 0.15) is 11.1 Å². The fraction of sp³-hybridized carbons (Fsp3) is 0.250. The standard InChI is InChI=1S/C16H20N2/c1-13-12-15(8-9-16(13)17)18(2)11-10-14-6-4-3-5-7-14/h3-9,12H,10-11,17H2,1-2H3. The predicted octanol–water partition coefficient (Wildman–Crippen LogP) is 3.26. The molecule has 0 unspecified atom stereocenters. The maximum atomic E-state index is 5.84. The summed E-state index contributed by atoms with van der Waals surface area (Å²) in [6.45, 7) is 3.05. The van der Waals surface area contributed by atoms with Gasteiger partial charge >= 0.3 is 0 Å². The van der Waals surface area contributed by atoms with Crippen LogP contribution in [-0.4, -0.2) is 13.6 Å². The van der Waals surface area contributed by atoms with Gasteiger partial charge < -0.3 is 10.6 Å². The van der Waals surface area contributed by atoms with Gasteiger partial charge in [-0.25, -0.2) is 0 Å². The maximum absolute atomic E-state index is 5.84. The Labute approximate surface area is 109 Å². The lowest BCUT2D eigenvalue weighted by atomic mass is 10.1. The van der Waals surface area contributed by atoms with Crippen LogP contribution >= 0.6 is 0 Å². The second kappa shape index (κ2) is 5.58. The van der Waals surface area contributed by atoms with Crippen molar-refractivity contribution in [3.63, 3.8) is 0 Å². The lowest BCUT2D eigenvalue weighted by molar-refractivity contribution is 0.876. The van der Waals surface area contributed by atoms with E-state index in [4.69, 9.17) is 5.73 Å². The molecule has 0 amide bonds. The third kappa shape index (κ3) is 3.04. The zero-order valence-corrected chi connectivity index (χ0v) is 11.1. The van der Waals surface area contributed by atoms with E-state index in [1.165, 1.54) is 11.3 Å². The summed E-state index contributed by atoms with van der Waals surface area (Å²) in [6, 6.07) is 16.8. The van der Waals surface area contributed by atoms with Crippen molar-refractivity contribution in [2.45, 2.75) is 13.3 Å². The SMILES string of the molecule is Cc1cc(N(C)CCc2ccccc2)ccc1N. The van der Waals surface area contributed by atoms with Gasteiger partial charge in [0.15, 0.2) is 0 Å². The number of hydrogen-bond donors (Lipinski definition) is 1. The van der Waals surface area contributed by atoms with E-state index in [0.717, 1.165) is 24.2 Å². The highest BCUT2D eigenvalue weighted by Gasteiger charge is 2.03.